The van der Waals surface area contributed by atoms with Crippen molar-refractivity contribution < 1.29 is 0 Å². The van der Waals surface area contributed by atoms with Crippen LogP contribution in [0.4, 0.5) is 0 Å². The summed E-state index contributed by atoms with van der Waals surface area (Å²) in [5.74, 6) is 0. The normalized spacial score (nSPS) is 18.8. The van der Waals surface area contributed by atoms with Gasteiger partial charge in [-0.25, -0.2) is 0 Å². The maximum atomic E-state index is 3.54. The van der Waals surface area contributed by atoms with Crippen molar-refractivity contribution >= 4 is 0 Å². The smallest absolute Gasteiger partial charge is 0.0499 e. The van der Waals surface area contributed by atoms with Crippen LogP contribution in [0.2, 0.25) is 0 Å². The summed E-state index contributed by atoms with van der Waals surface area (Å²) in [6, 6.07) is 7.25. The summed E-state index contributed by atoms with van der Waals surface area (Å²) < 4.78 is 0. The SMILES string of the molecule is CNC(c1ccc(C)c(C)c1)C(C)(C)N1CCCC1. The molecule has 0 bridgehead atoms. The van der Waals surface area contributed by atoms with Crippen LogP contribution in [-0.2, 0) is 0 Å². The summed E-state index contributed by atoms with van der Waals surface area (Å²) in [5.41, 5.74) is 4.32. The second-order valence-electron chi connectivity index (χ2n) is 6.41. The van der Waals surface area contributed by atoms with Crippen LogP contribution in [0.25, 0.3) is 0 Å². The molecule has 0 aromatic heterocycles. The summed E-state index contributed by atoms with van der Waals surface area (Å²) in [5, 5.41) is 3.54. The van der Waals surface area contributed by atoms with E-state index in [1.807, 2.05) is 0 Å². The molecule has 0 amide bonds. The average Bonchev–Trinajstić information content (AvgIpc) is 2.88. The Bertz CT molecular complexity index is 431. The lowest BCUT2D eigenvalue weighted by Gasteiger charge is -2.42. The van der Waals surface area contributed by atoms with Gasteiger partial charge < -0.3 is 5.32 Å². The number of nitrogens with one attached hydrogen (secondary N) is 1. The van der Waals surface area contributed by atoms with Crippen LogP contribution in [0, 0.1) is 13.8 Å². The van der Waals surface area contributed by atoms with Gasteiger partial charge in [0.2, 0.25) is 0 Å². The van der Waals surface area contributed by atoms with E-state index in [9.17, 15) is 0 Å². The summed E-state index contributed by atoms with van der Waals surface area (Å²) in [7, 11) is 2.08. The summed E-state index contributed by atoms with van der Waals surface area (Å²) >= 11 is 0. The number of hydrogen-bond donors (Lipinski definition) is 1. The zero-order chi connectivity index (χ0) is 14.0. The first-order chi connectivity index (χ1) is 8.96. The minimum Gasteiger partial charge on any atom is -0.311 e. The third kappa shape index (κ3) is 2.85. The minimum absolute atomic E-state index is 0.160. The highest BCUT2D eigenvalue weighted by Crippen LogP contribution is 2.33. The van der Waals surface area contributed by atoms with Crippen LogP contribution in [0.15, 0.2) is 18.2 Å². The van der Waals surface area contributed by atoms with Crippen LogP contribution in [0.3, 0.4) is 0 Å². The van der Waals surface area contributed by atoms with Crippen LogP contribution in [0.5, 0.6) is 0 Å². The van der Waals surface area contributed by atoms with Crippen molar-refractivity contribution in [2.45, 2.75) is 52.1 Å². The quantitative estimate of drug-likeness (QED) is 0.892. The van der Waals surface area contributed by atoms with E-state index >= 15 is 0 Å². The predicted octanol–water partition coefficient (Wildman–Crippen LogP) is 3.44. The first-order valence-corrected chi connectivity index (χ1v) is 7.46. The van der Waals surface area contributed by atoms with Crippen molar-refractivity contribution in [3.05, 3.63) is 34.9 Å². The molecule has 1 atom stereocenters. The van der Waals surface area contributed by atoms with Crippen molar-refractivity contribution in [1.29, 1.82) is 0 Å². The highest BCUT2D eigenvalue weighted by molar-refractivity contribution is 5.33. The average molecular weight is 260 g/mol. The van der Waals surface area contributed by atoms with E-state index in [4.69, 9.17) is 0 Å². The molecule has 19 heavy (non-hydrogen) atoms. The Balaban J connectivity index is 2.29. The van der Waals surface area contributed by atoms with Gasteiger partial charge in [-0.1, -0.05) is 18.2 Å². The van der Waals surface area contributed by atoms with Crippen LogP contribution < -0.4 is 5.32 Å². The maximum absolute atomic E-state index is 3.54. The van der Waals surface area contributed by atoms with Gasteiger partial charge in [-0.2, -0.15) is 0 Å². The standard InChI is InChI=1S/C17H28N2/c1-13-8-9-15(12-14(13)2)16(18-5)17(3,4)19-10-6-7-11-19/h8-9,12,16,18H,6-7,10-11H2,1-5H3. The number of rotatable bonds is 4. The molecule has 106 valence electrons. The lowest BCUT2D eigenvalue weighted by molar-refractivity contribution is 0.110. The Morgan fingerprint density at radius 1 is 1.11 bits per heavy atom. The van der Waals surface area contributed by atoms with Crippen LogP contribution >= 0.6 is 0 Å². The molecule has 1 fully saturated rings. The predicted molar refractivity (Wildman–Crippen MR) is 82.6 cm³/mol. The van der Waals surface area contributed by atoms with Gasteiger partial charge in [-0.3, -0.25) is 4.90 Å². The molecule has 2 nitrogen and oxygen atoms in total. The number of likely N-dealkylation sites (N-methyl/N-ethyl adjacent to an activating group) is 1. The van der Waals surface area contributed by atoms with Gasteiger partial charge in [-0.05, 0) is 77.4 Å². The van der Waals surface area contributed by atoms with E-state index < -0.39 is 0 Å². The molecule has 1 aliphatic heterocycles. The van der Waals surface area contributed by atoms with E-state index in [2.05, 4.69) is 63.2 Å². The lowest BCUT2D eigenvalue weighted by atomic mass is 9.86. The van der Waals surface area contributed by atoms with Gasteiger partial charge in [-0.15, -0.1) is 0 Å². The van der Waals surface area contributed by atoms with Crippen molar-refractivity contribution in [1.82, 2.24) is 10.2 Å². The van der Waals surface area contributed by atoms with Gasteiger partial charge in [0.15, 0.2) is 0 Å². The molecule has 0 spiro atoms. The third-order valence-electron chi connectivity index (χ3n) is 4.78. The van der Waals surface area contributed by atoms with E-state index in [-0.39, 0.29) is 5.54 Å². The molecule has 0 radical (unpaired) electrons. The van der Waals surface area contributed by atoms with Gasteiger partial charge >= 0.3 is 0 Å². The summed E-state index contributed by atoms with van der Waals surface area (Å²) in [6.07, 6.45) is 2.68. The zero-order valence-electron chi connectivity index (χ0n) is 13.1. The molecule has 0 saturated carbocycles. The first kappa shape index (κ1) is 14.5. The molecule has 2 heteroatoms. The Labute approximate surface area is 118 Å². The van der Waals surface area contributed by atoms with Gasteiger partial charge in [0, 0.05) is 11.6 Å². The van der Waals surface area contributed by atoms with Crippen LogP contribution in [0.1, 0.15) is 49.4 Å². The number of aryl methyl sites for hydroxylation is 2. The van der Waals surface area contributed by atoms with Crippen molar-refractivity contribution in [3.8, 4) is 0 Å². The molecule has 1 N–H and O–H groups in total. The number of likely N-dealkylation sites (tertiary alicyclic amines) is 1. The molecule has 1 saturated heterocycles. The number of hydrogen-bond acceptors (Lipinski definition) is 2. The molecule has 1 heterocycles. The fourth-order valence-electron chi connectivity index (χ4n) is 3.35. The van der Waals surface area contributed by atoms with Crippen molar-refractivity contribution in [3.63, 3.8) is 0 Å². The molecule has 1 aromatic carbocycles. The third-order valence-corrected chi connectivity index (χ3v) is 4.78. The molecule has 1 aromatic rings. The Hall–Kier alpha value is -0.860. The Morgan fingerprint density at radius 3 is 2.26 bits per heavy atom. The second-order valence-corrected chi connectivity index (χ2v) is 6.41. The summed E-state index contributed by atoms with van der Waals surface area (Å²) in [6.45, 7) is 11.6. The molecular weight excluding hydrogens is 232 g/mol. The number of nitrogens with zero attached hydrogens (tertiary/aromatic N) is 1. The molecule has 1 aliphatic rings. The lowest BCUT2D eigenvalue weighted by Crippen LogP contribution is -2.50. The summed E-state index contributed by atoms with van der Waals surface area (Å²) in [4.78, 5) is 2.63. The van der Waals surface area contributed by atoms with Gasteiger partial charge in [0.1, 0.15) is 0 Å². The second kappa shape index (κ2) is 5.64. The van der Waals surface area contributed by atoms with Crippen molar-refractivity contribution in [2.75, 3.05) is 20.1 Å². The molecule has 1 unspecified atom stereocenters. The van der Waals surface area contributed by atoms with E-state index in [0.717, 1.165) is 0 Å². The fraction of sp³-hybridized carbons (Fsp3) is 0.647. The Morgan fingerprint density at radius 2 is 1.74 bits per heavy atom. The van der Waals surface area contributed by atoms with Crippen molar-refractivity contribution in [2.24, 2.45) is 0 Å². The van der Waals surface area contributed by atoms with E-state index in [0.29, 0.717) is 6.04 Å². The highest BCUT2D eigenvalue weighted by Gasteiger charge is 2.36. The molecule has 2 rings (SSSR count). The van der Waals surface area contributed by atoms with E-state index in [1.54, 1.807) is 0 Å². The number of benzene rings is 1. The fourth-order valence-corrected chi connectivity index (χ4v) is 3.35. The first-order valence-electron chi connectivity index (χ1n) is 7.46. The largest absolute Gasteiger partial charge is 0.311 e. The minimum atomic E-state index is 0.160. The topological polar surface area (TPSA) is 15.3 Å². The monoisotopic (exact) mass is 260 g/mol. The zero-order valence-corrected chi connectivity index (χ0v) is 13.1. The van der Waals surface area contributed by atoms with E-state index in [1.165, 1.54) is 42.6 Å². The maximum Gasteiger partial charge on any atom is 0.0499 e. The highest BCUT2D eigenvalue weighted by atomic mass is 15.2. The van der Waals surface area contributed by atoms with Gasteiger partial charge in [0.05, 0.1) is 0 Å². The van der Waals surface area contributed by atoms with Gasteiger partial charge in [0.25, 0.3) is 0 Å². The Kier molecular flexibility index (Phi) is 4.32. The molecular formula is C17H28N2. The molecule has 0 aliphatic carbocycles. The van der Waals surface area contributed by atoms with Crippen LogP contribution in [-0.4, -0.2) is 30.6 Å².